The number of hydrogen-bond acceptors (Lipinski definition) is 3. The highest BCUT2D eigenvalue weighted by Gasteiger charge is 2.13. The molecule has 0 saturated carbocycles. The summed E-state index contributed by atoms with van der Waals surface area (Å²) in [5, 5.41) is 0. The van der Waals surface area contributed by atoms with Gasteiger partial charge in [0.2, 0.25) is 0 Å². The molecular formula is C12H15IN2S. The summed E-state index contributed by atoms with van der Waals surface area (Å²) in [5.74, 6) is 1.55. The summed E-state index contributed by atoms with van der Waals surface area (Å²) >= 11 is 4.19. The summed E-state index contributed by atoms with van der Waals surface area (Å²) in [6.07, 6.45) is 3.66. The van der Waals surface area contributed by atoms with Gasteiger partial charge in [-0.05, 0) is 53.1 Å². The van der Waals surface area contributed by atoms with Crippen molar-refractivity contribution in [3.8, 4) is 0 Å². The summed E-state index contributed by atoms with van der Waals surface area (Å²) in [6.45, 7) is 2.23. The summed E-state index contributed by atoms with van der Waals surface area (Å²) < 4.78 is 1.31. The Morgan fingerprint density at radius 3 is 3.06 bits per heavy atom. The van der Waals surface area contributed by atoms with Crippen molar-refractivity contribution in [1.29, 1.82) is 0 Å². The van der Waals surface area contributed by atoms with Crippen molar-refractivity contribution < 1.29 is 0 Å². The van der Waals surface area contributed by atoms with Gasteiger partial charge in [-0.3, -0.25) is 0 Å². The molecule has 0 atom stereocenters. The van der Waals surface area contributed by atoms with E-state index in [-0.39, 0.29) is 0 Å². The highest BCUT2D eigenvalue weighted by atomic mass is 127. The van der Waals surface area contributed by atoms with Crippen LogP contribution in [0.15, 0.2) is 22.0 Å². The molecular weight excluding hydrogens is 331 g/mol. The number of fused-ring (bicyclic) bond motifs is 1. The highest BCUT2D eigenvalue weighted by molar-refractivity contribution is 14.1. The Labute approximate surface area is 114 Å². The lowest BCUT2D eigenvalue weighted by molar-refractivity contribution is 0.791. The lowest BCUT2D eigenvalue weighted by Crippen LogP contribution is -2.16. The lowest BCUT2D eigenvalue weighted by Gasteiger charge is -2.15. The van der Waals surface area contributed by atoms with Crippen molar-refractivity contribution in [2.24, 2.45) is 10.7 Å². The first-order chi connectivity index (χ1) is 7.70. The quantitative estimate of drug-likeness (QED) is 0.847. The maximum atomic E-state index is 5.74. The molecule has 0 amide bonds. The number of thioether (sulfide) groups is 1. The number of aryl methyl sites for hydroxylation is 1. The molecule has 1 heterocycles. The third-order valence-electron chi connectivity index (χ3n) is 2.57. The molecule has 0 fully saturated rings. The zero-order valence-corrected chi connectivity index (χ0v) is 12.3. The number of nitrogens with zero attached hydrogens (tertiary/aromatic N) is 1. The van der Waals surface area contributed by atoms with E-state index in [1.165, 1.54) is 33.3 Å². The van der Waals surface area contributed by atoms with Gasteiger partial charge in [-0.1, -0.05) is 13.3 Å². The first-order valence-corrected chi connectivity index (χ1v) is 7.55. The van der Waals surface area contributed by atoms with E-state index in [0.717, 1.165) is 17.3 Å². The maximum absolute atomic E-state index is 5.74. The standard InChI is InChI=1S/C12H15IN2S/c1-2-3-4-8-5-11-10(6-9(8)13)15-12(14)7-16-11/h5-6H,2-4,7H2,1H3,(H2,14,15). The second-order valence-corrected chi connectivity index (χ2v) is 6.09. The monoisotopic (exact) mass is 346 g/mol. The van der Waals surface area contributed by atoms with Crippen LogP contribution in [0.4, 0.5) is 5.69 Å². The van der Waals surface area contributed by atoms with Gasteiger partial charge >= 0.3 is 0 Å². The number of nitrogens with two attached hydrogens (primary N) is 1. The molecule has 1 aliphatic heterocycles. The fourth-order valence-electron chi connectivity index (χ4n) is 1.69. The maximum Gasteiger partial charge on any atom is 0.110 e. The van der Waals surface area contributed by atoms with Crippen molar-refractivity contribution in [2.75, 3.05) is 5.75 Å². The van der Waals surface area contributed by atoms with Gasteiger partial charge in [0.1, 0.15) is 5.84 Å². The van der Waals surface area contributed by atoms with Crippen LogP contribution in [-0.2, 0) is 6.42 Å². The molecule has 2 nitrogen and oxygen atoms in total. The Balaban J connectivity index is 2.31. The minimum absolute atomic E-state index is 0.731. The van der Waals surface area contributed by atoms with Crippen LogP contribution in [0.3, 0.4) is 0 Å². The highest BCUT2D eigenvalue weighted by Crippen LogP contribution is 2.36. The Morgan fingerprint density at radius 1 is 1.50 bits per heavy atom. The Bertz CT molecular complexity index is 429. The second kappa shape index (κ2) is 5.40. The Hall–Kier alpha value is -0.230. The zero-order valence-electron chi connectivity index (χ0n) is 9.29. The molecule has 1 aromatic rings. The predicted octanol–water partition coefficient (Wildman–Crippen LogP) is 3.73. The van der Waals surface area contributed by atoms with E-state index in [1.54, 1.807) is 11.8 Å². The Morgan fingerprint density at radius 2 is 2.31 bits per heavy atom. The van der Waals surface area contributed by atoms with Crippen LogP contribution in [0.1, 0.15) is 25.3 Å². The smallest absolute Gasteiger partial charge is 0.110 e. The topological polar surface area (TPSA) is 38.4 Å². The molecule has 2 N–H and O–H groups in total. The number of aliphatic imine (C=N–C) groups is 1. The van der Waals surface area contributed by atoms with E-state index < -0.39 is 0 Å². The van der Waals surface area contributed by atoms with Crippen LogP contribution >= 0.6 is 34.4 Å². The fourth-order valence-corrected chi connectivity index (χ4v) is 3.25. The van der Waals surface area contributed by atoms with E-state index in [0.29, 0.717) is 0 Å². The average molecular weight is 346 g/mol. The van der Waals surface area contributed by atoms with Crippen LogP contribution in [0.25, 0.3) is 0 Å². The zero-order chi connectivity index (χ0) is 11.5. The molecule has 0 bridgehead atoms. The molecule has 4 heteroatoms. The average Bonchev–Trinajstić information content (AvgIpc) is 2.26. The number of amidine groups is 1. The number of unbranched alkanes of at least 4 members (excludes halogenated alkanes) is 1. The van der Waals surface area contributed by atoms with Gasteiger partial charge in [0.15, 0.2) is 0 Å². The summed E-state index contributed by atoms with van der Waals surface area (Å²) in [4.78, 5) is 5.68. The van der Waals surface area contributed by atoms with E-state index in [4.69, 9.17) is 5.73 Å². The number of benzene rings is 1. The molecule has 16 heavy (non-hydrogen) atoms. The largest absolute Gasteiger partial charge is 0.386 e. The minimum Gasteiger partial charge on any atom is -0.386 e. The minimum atomic E-state index is 0.731. The molecule has 0 unspecified atom stereocenters. The van der Waals surface area contributed by atoms with E-state index >= 15 is 0 Å². The predicted molar refractivity (Wildman–Crippen MR) is 79.8 cm³/mol. The molecule has 2 rings (SSSR count). The normalized spacial score (nSPS) is 14.5. The van der Waals surface area contributed by atoms with E-state index in [1.807, 2.05) is 0 Å². The van der Waals surface area contributed by atoms with Crippen molar-refractivity contribution in [3.05, 3.63) is 21.3 Å². The van der Waals surface area contributed by atoms with E-state index in [2.05, 4.69) is 46.6 Å². The van der Waals surface area contributed by atoms with Crippen molar-refractivity contribution in [1.82, 2.24) is 0 Å². The third kappa shape index (κ3) is 2.71. The molecule has 0 radical (unpaired) electrons. The van der Waals surface area contributed by atoms with E-state index in [9.17, 15) is 0 Å². The van der Waals surface area contributed by atoms with Crippen molar-refractivity contribution in [3.63, 3.8) is 0 Å². The summed E-state index contributed by atoms with van der Waals surface area (Å²) in [5.41, 5.74) is 8.23. The Kier molecular flexibility index (Phi) is 4.13. The van der Waals surface area contributed by atoms with Gasteiger partial charge in [0.25, 0.3) is 0 Å². The van der Waals surface area contributed by atoms with Gasteiger partial charge in [-0.15, -0.1) is 11.8 Å². The molecule has 86 valence electrons. The van der Waals surface area contributed by atoms with Crippen molar-refractivity contribution in [2.45, 2.75) is 31.1 Å². The molecule has 1 aromatic carbocycles. The van der Waals surface area contributed by atoms with Crippen LogP contribution in [-0.4, -0.2) is 11.6 Å². The number of halogens is 1. The van der Waals surface area contributed by atoms with Gasteiger partial charge in [-0.25, -0.2) is 4.99 Å². The molecule has 0 saturated heterocycles. The van der Waals surface area contributed by atoms with Gasteiger partial charge in [0, 0.05) is 8.47 Å². The van der Waals surface area contributed by atoms with Gasteiger partial charge in [-0.2, -0.15) is 0 Å². The first kappa shape index (κ1) is 12.2. The van der Waals surface area contributed by atoms with Crippen LogP contribution in [0.2, 0.25) is 0 Å². The molecule has 0 aromatic heterocycles. The lowest BCUT2D eigenvalue weighted by atomic mass is 10.1. The SMILES string of the molecule is CCCCc1cc2c(cc1I)N=C(N)CS2. The van der Waals surface area contributed by atoms with Crippen molar-refractivity contribution >= 4 is 45.9 Å². The number of hydrogen-bond donors (Lipinski definition) is 1. The fraction of sp³-hybridized carbons (Fsp3) is 0.417. The molecule has 1 aliphatic rings. The van der Waals surface area contributed by atoms with Gasteiger partial charge in [0.05, 0.1) is 11.4 Å². The summed E-state index contributed by atoms with van der Waals surface area (Å²) in [7, 11) is 0. The van der Waals surface area contributed by atoms with Crippen LogP contribution in [0.5, 0.6) is 0 Å². The summed E-state index contributed by atoms with van der Waals surface area (Å²) in [6, 6.07) is 4.44. The van der Waals surface area contributed by atoms with Gasteiger partial charge < -0.3 is 5.73 Å². The molecule has 0 spiro atoms. The second-order valence-electron chi connectivity index (χ2n) is 3.91. The first-order valence-electron chi connectivity index (χ1n) is 5.49. The molecule has 0 aliphatic carbocycles. The third-order valence-corrected chi connectivity index (χ3v) is 4.65. The van der Waals surface area contributed by atoms with Crippen LogP contribution in [0, 0.1) is 3.57 Å². The van der Waals surface area contributed by atoms with Crippen LogP contribution < -0.4 is 5.73 Å². The number of rotatable bonds is 3.